The average Bonchev–Trinajstić information content (AvgIpc) is 2.59. The van der Waals surface area contributed by atoms with Crippen molar-refractivity contribution in [3.63, 3.8) is 0 Å². The Labute approximate surface area is 155 Å². The fourth-order valence-electron chi connectivity index (χ4n) is 3.04. The number of unbranched alkanes of at least 4 members (excludes halogenated alkanes) is 8. The topological polar surface area (TPSA) is 81.7 Å². The first kappa shape index (κ1) is 23.9. The molecule has 5 heteroatoms. The van der Waals surface area contributed by atoms with E-state index in [2.05, 4.69) is 26.0 Å². The number of rotatable bonds is 16. The highest BCUT2D eigenvalue weighted by Gasteiger charge is 2.23. The third-order valence-corrected chi connectivity index (χ3v) is 6.41. The third-order valence-electron chi connectivity index (χ3n) is 4.59. The van der Waals surface area contributed by atoms with Crippen LogP contribution in [-0.2, 0) is 9.84 Å². The average molecular weight is 369 g/mol. The Bertz CT molecular complexity index is 463. The van der Waals surface area contributed by atoms with E-state index in [9.17, 15) is 18.9 Å². The molecule has 0 aliphatic rings. The summed E-state index contributed by atoms with van der Waals surface area (Å²) in [5, 5.41) is 18.5. The van der Waals surface area contributed by atoms with E-state index >= 15 is 0 Å². The molecule has 0 aliphatic carbocycles. The van der Waals surface area contributed by atoms with Gasteiger partial charge in [0.15, 0.2) is 9.84 Å². The molecule has 0 aromatic heterocycles. The van der Waals surface area contributed by atoms with Crippen LogP contribution in [0.4, 0.5) is 0 Å². The van der Waals surface area contributed by atoms with Gasteiger partial charge in [0.2, 0.25) is 0 Å². The van der Waals surface area contributed by atoms with E-state index in [1.807, 2.05) is 0 Å². The zero-order valence-corrected chi connectivity index (χ0v) is 17.0. The molecule has 144 valence electrons. The second kappa shape index (κ2) is 15.2. The van der Waals surface area contributed by atoms with E-state index in [1.54, 1.807) is 0 Å². The number of sulfone groups is 1. The Morgan fingerprint density at radius 3 is 1.36 bits per heavy atom. The quantitative estimate of drug-likeness (QED) is 0.341. The van der Waals surface area contributed by atoms with Crippen LogP contribution in [-0.4, -0.2) is 19.9 Å². The normalized spacial score (nSPS) is 13.8. The lowest BCUT2D eigenvalue weighted by Gasteiger charge is -2.13. The molecule has 2 atom stereocenters. The first-order valence-corrected chi connectivity index (χ1v) is 11.8. The molecular formula is C20H36N2O2S. The molecule has 0 saturated carbocycles. The molecule has 2 unspecified atom stereocenters. The highest BCUT2D eigenvalue weighted by molar-refractivity contribution is 7.91. The van der Waals surface area contributed by atoms with Crippen LogP contribution in [0.3, 0.4) is 0 Å². The molecule has 0 heterocycles. The van der Waals surface area contributed by atoms with Crippen molar-refractivity contribution >= 4 is 9.84 Å². The van der Waals surface area contributed by atoms with Crippen LogP contribution in [0.15, 0.2) is 0 Å². The maximum absolute atomic E-state index is 12.3. The van der Waals surface area contributed by atoms with Gasteiger partial charge >= 0.3 is 0 Å². The first-order valence-electron chi connectivity index (χ1n) is 9.98. The lowest BCUT2D eigenvalue weighted by atomic mass is 10.0. The molecule has 0 aliphatic heterocycles. The van der Waals surface area contributed by atoms with Crippen molar-refractivity contribution in [1.29, 1.82) is 10.5 Å². The molecular weight excluding hydrogens is 332 g/mol. The number of hydrogen-bond donors (Lipinski definition) is 0. The van der Waals surface area contributed by atoms with Crippen LogP contribution in [0.25, 0.3) is 0 Å². The molecule has 0 amide bonds. The summed E-state index contributed by atoms with van der Waals surface area (Å²) in [6.07, 6.45) is 12.3. The number of nitrogens with zero attached hydrogens (tertiary/aromatic N) is 2. The molecule has 0 N–H and O–H groups in total. The van der Waals surface area contributed by atoms with Crippen molar-refractivity contribution < 1.29 is 8.42 Å². The van der Waals surface area contributed by atoms with Gasteiger partial charge in [-0.05, 0) is 12.8 Å². The molecule has 0 spiro atoms. The first-order chi connectivity index (χ1) is 12.0. The van der Waals surface area contributed by atoms with E-state index < -0.39 is 21.7 Å². The van der Waals surface area contributed by atoms with Crippen LogP contribution in [0.5, 0.6) is 0 Å². The van der Waals surface area contributed by atoms with Crippen LogP contribution in [0, 0.1) is 34.5 Å². The summed E-state index contributed by atoms with van der Waals surface area (Å²) < 4.78 is 24.7. The van der Waals surface area contributed by atoms with Crippen LogP contribution in [0.1, 0.15) is 90.9 Å². The van der Waals surface area contributed by atoms with E-state index in [4.69, 9.17) is 0 Å². The van der Waals surface area contributed by atoms with Crippen molar-refractivity contribution in [2.24, 2.45) is 11.8 Å². The van der Waals surface area contributed by atoms with Crippen LogP contribution in [0.2, 0.25) is 0 Å². The maximum Gasteiger partial charge on any atom is 0.152 e. The van der Waals surface area contributed by atoms with Crippen LogP contribution >= 0.6 is 0 Å². The lowest BCUT2D eigenvalue weighted by Crippen LogP contribution is -2.22. The van der Waals surface area contributed by atoms with E-state index in [0.717, 1.165) is 38.5 Å². The molecule has 0 fully saturated rings. The van der Waals surface area contributed by atoms with E-state index in [1.165, 1.54) is 25.7 Å². The number of hydrogen-bond acceptors (Lipinski definition) is 4. The van der Waals surface area contributed by atoms with Crippen molar-refractivity contribution in [3.8, 4) is 12.1 Å². The van der Waals surface area contributed by atoms with Gasteiger partial charge < -0.3 is 0 Å². The van der Waals surface area contributed by atoms with Gasteiger partial charge in [0.1, 0.15) is 0 Å². The lowest BCUT2D eigenvalue weighted by molar-refractivity contribution is 0.527. The Morgan fingerprint density at radius 2 is 1.04 bits per heavy atom. The fourth-order valence-corrected chi connectivity index (χ4v) is 4.88. The molecule has 25 heavy (non-hydrogen) atoms. The zero-order chi connectivity index (χ0) is 19.0. The molecule has 4 nitrogen and oxygen atoms in total. The van der Waals surface area contributed by atoms with E-state index in [0.29, 0.717) is 12.8 Å². The number of nitriles is 2. The van der Waals surface area contributed by atoms with Gasteiger partial charge in [-0.2, -0.15) is 10.5 Å². The summed E-state index contributed by atoms with van der Waals surface area (Å²) in [5.41, 5.74) is 0. The predicted molar refractivity (Wildman–Crippen MR) is 104 cm³/mol. The van der Waals surface area contributed by atoms with Crippen molar-refractivity contribution in [2.45, 2.75) is 90.9 Å². The maximum atomic E-state index is 12.3. The minimum absolute atomic E-state index is 0.0920. The minimum atomic E-state index is -3.34. The van der Waals surface area contributed by atoms with Gasteiger partial charge in [-0.3, -0.25) is 0 Å². The Balaban J connectivity index is 4.24. The SMILES string of the molecule is CCCCCCCC(C#N)CS(=O)(=O)CC(C#N)CCCCCCC. The van der Waals surface area contributed by atoms with Crippen molar-refractivity contribution in [1.82, 2.24) is 0 Å². The summed E-state index contributed by atoms with van der Waals surface area (Å²) >= 11 is 0. The van der Waals surface area contributed by atoms with Gasteiger partial charge in [-0.1, -0.05) is 78.1 Å². The Morgan fingerprint density at radius 1 is 0.680 bits per heavy atom. The summed E-state index contributed by atoms with van der Waals surface area (Å²) in [7, 11) is -3.34. The van der Waals surface area contributed by atoms with Crippen molar-refractivity contribution in [2.75, 3.05) is 11.5 Å². The second-order valence-corrected chi connectivity index (χ2v) is 9.29. The van der Waals surface area contributed by atoms with Gasteiger partial charge in [-0.25, -0.2) is 8.42 Å². The largest absolute Gasteiger partial charge is 0.229 e. The van der Waals surface area contributed by atoms with Gasteiger partial charge in [0.25, 0.3) is 0 Å². The molecule has 0 radical (unpaired) electrons. The molecule has 0 rings (SSSR count). The Kier molecular flexibility index (Phi) is 14.6. The molecule has 0 aromatic carbocycles. The summed E-state index contributed by atoms with van der Waals surface area (Å²) in [5.74, 6) is -1.05. The van der Waals surface area contributed by atoms with Crippen molar-refractivity contribution in [3.05, 3.63) is 0 Å². The smallest absolute Gasteiger partial charge is 0.152 e. The van der Waals surface area contributed by atoms with Gasteiger partial charge in [0.05, 0.1) is 35.5 Å². The van der Waals surface area contributed by atoms with Gasteiger partial charge in [-0.15, -0.1) is 0 Å². The fraction of sp³-hybridized carbons (Fsp3) is 0.900. The third kappa shape index (κ3) is 13.9. The molecule has 0 bridgehead atoms. The zero-order valence-electron chi connectivity index (χ0n) is 16.2. The summed E-state index contributed by atoms with van der Waals surface area (Å²) in [6.45, 7) is 4.31. The molecule has 0 saturated heterocycles. The highest BCUT2D eigenvalue weighted by Crippen LogP contribution is 2.18. The van der Waals surface area contributed by atoms with Gasteiger partial charge in [0, 0.05) is 0 Å². The highest BCUT2D eigenvalue weighted by atomic mass is 32.2. The predicted octanol–water partition coefficient (Wildman–Crippen LogP) is 5.40. The van der Waals surface area contributed by atoms with Crippen LogP contribution < -0.4 is 0 Å². The second-order valence-electron chi connectivity index (χ2n) is 7.13. The standard InChI is InChI=1S/C20H36N2O2S/c1-3-5-7-9-11-13-19(15-21)17-25(23,24)18-20(16-22)14-12-10-8-6-4-2/h19-20H,3-14,17-18H2,1-2H3. The molecule has 0 aromatic rings. The van der Waals surface area contributed by atoms with E-state index in [-0.39, 0.29) is 11.5 Å². The summed E-state index contributed by atoms with van der Waals surface area (Å²) in [4.78, 5) is 0. The Hall–Kier alpha value is -1.07. The minimum Gasteiger partial charge on any atom is -0.229 e. The summed E-state index contributed by atoms with van der Waals surface area (Å²) in [6, 6.07) is 4.29. The monoisotopic (exact) mass is 368 g/mol.